The highest BCUT2D eigenvalue weighted by Crippen LogP contribution is 2.17. The van der Waals surface area contributed by atoms with Crippen LogP contribution in [0.25, 0.3) is 5.65 Å². The molecule has 90 valence electrons. The lowest BCUT2D eigenvalue weighted by Crippen LogP contribution is -1.98. The van der Waals surface area contributed by atoms with Crippen LogP contribution in [0.5, 0.6) is 0 Å². The predicted molar refractivity (Wildman–Crippen MR) is 72.7 cm³/mol. The first-order valence-corrected chi connectivity index (χ1v) is 6.49. The van der Waals surface area contributed by atoms with Gasteiger partial charge in [-0.25, -0.2) is 0 Å². The number of benzene rings is 1. The number of aromatic nitrogens is 4. The van der Waals surface area contributed by atoms with Crippen molar-refractivity contribution in [1.29, 1.82) is 0 Å². The molecule has 0 unspecified atom stereocenters. The maximum absolute atomic E-state index is 6.11. The monoisotopic (exact) mass is 322 g/mol. The van der Waals surface area contributed by atoms with Crippen LogP contribution in [0.2, 0.25) is 5.15 Å². The van der Waals surface area contributed by atoms with Crippen LogP contribution in [0.4, 0.5) is 0 Å². The normalized spacial score (nSPS) is 11.0. The number of halogens is 2. The van der Waals surface area contributed by atoms with Gasteiger partial charge in [-0.1, -0.05) is 39.7 Å². The Bertz CT molecular complexity index is 710. The molecule has 0 radical (unpaired) electrons. The maximum atomic E-state index is 6.11. The molecule has 2 aromatic heterocycles. The minimum Gasteiger partial charge on any atom is -0.266 e. The van der Waals surface area contributed by atoms with E-state index in [0.717, 1.165) is 15.9 Å². The van der Waals surface area contributed by atoms with Gasteiger partial charge in [0.05, 0.1) is 12.4 Å². The van der Waals surface area contributed by atoms with Gasteiger partial charge in [0, 0.05) is 10.9 Å². The van der Waals surface area contributed by atoms with E-state index in [1.54, 1.807) is 16.8 Å². The summed E-state index contributed by atoms with van der Waals surface area (Å²) in [6.07, 6.45) is 3.90. The van der Waals surface area contributed by atoms with Gasteiger partial charge in [0.1, 0.15) is 11.0 Å². The van der Waals surface area contributed by atoms with Gasteiger partial charge in [-0.3, -0.25) is 9.38 Å². The van der Waals surface area contributed by atoms with Crippen LogP contribution in [0.15, 0.2) is 41.1 Å². The van der Waals surface area contributed by atoms with Gasteiger partial charge in [-0.2, -0.15) is 0 Å². The molecule has 18 heavy (non-hydrogen) atoms. The van der Waals surface area contributed by atoms with E-state index in [2.05, 4.69) is 37.2 Å². The summed E-state index contributed by atoms with van der Waals surface area (Å²) < 4.78 is 2.84. The molecular weight excluding hydrogens is 316 g/mol. The molecule has 1 aromatic carbocycles. The first-order valence-electron chi connectivity index (χ1n) is 5.32. The van der Waals surface area contributed by atoms with Crippen LogP contribution in [0.1, 0.15) is 11.4 Å². The Hall–Kier alpha value is -1.46. The molecule has 0 atom stereocenters. The Morgan fingerprint density at radius 2 is 2.11 bits per heavy atom. The Kier molecular flexibility index (Phi) is 3.01. The summed E-state index contributed by atoms with van der Waals surface area (Å²) in [6.45, 7) is 0. The fraction of sp³-hybridized carbons (Fsp3) is 0.0833. The lowest BCUT2D eigenvalue weighted by atomic mass is 10.1. The SMILES string of the molecule is Clc1cncc2nnc(Cc3cccc(Br)c3)n12. The quantitative estimate of drug-likeness (QED) is 0.727. The summed E-state index contributed by atoms with van der Waals surface area (Å²) in [5.41, 5.74) is 1.80. The van der Waals surface area contributed by atoms with E-state index in [4.69, 9.17) is 11.6 Å². The summed E-state index contributed by atoms with van der Waals surface area (Å²) in [5, 5.41) is 8.72. The average Bonchev–Trinajstić information content (AvgIpc) is 2.74. The van der Waals surface area contributed by atoms with E-state index in [-0.39, 0.29) is 0 Å². The van der Waals surface area contributed by atoms with Crippen LogP contribution in [0, 0.1) is 0 Å². The molecule has 0 saturated heterocycles. The first-order chi connectivity index (χ1) is 8.74. The fourth-order valence-corrected chi connectivity index (χ4v) is 2.50. The van der Waals surface area contributed by atoms with E-state index in [1.807, 2.05) is 18.2 Å². The summed E-state index contributed by atoms with van der Waals surface area (Å²) in [4.78, 5) is 3.98. The molecule has 0 saturated carbocycles. The molecule has 0 aliphatic heterocycles. The van der Waals surface area contributed by atoms with E-state index in [9.17, 15) is 0 Å². The van der Waals surface area contributed by atoms with Crippen LogP contribution in [-0.4, -0.2) is 19.6 Å². The molecule has 0 aliphatic rings. The molecular formula is C12H8BrClN4. The van der Waals surface area contributed by atoms with Crippen molar-refractivity contribution in [2.45, 2.75) is 6.42 Å². The minimum atomic E-state index is 0.516. The number of nitrogens with zero attached hydrogens (tertiary/aromatic N) is 4. The van der Waals surface area contributed by atoms with E-state index in [1.165, 1.54) is 0 Å². The zero-order valence-corrected chi connectivity index (χ0v) is 11.6. The van der Waals surface area contributed by atoms with Gasteiger partial charge in [0.15, 0.2) is 5.65 Å². The van der Waals surface area contributed by atoms with Crippen LogP contribution < -0.4 is 0 Å². The minimum absolute atomic E-state index is 0.516. The van der Waals surface area contributed by atoms with Gasteiger partial charge < -0.3 is 0 Å². The lowest BCUT2D eigenvalue weighted by Gasteiger charge is -2.02. The van der Waals surface area contributed by atoms with E-state index in [0.29, 0.717) is 17.2 Å². The van der Waals surface area contributed by atoms with Crippen molar-refractivity contribution < 1.29 is 0 Å². The molecule has 0 bridgehead atoms. The Morgan fingerprint density at radius 3 is 2.94 bits per heavy atom. The second-order valence-electron chi connectivity index (χ2n) is 3.85. The van der Waals surface area contributed by atoms with Gasteiger partial charge >= 0.3 is 0 Å². The lowest BCUT2D eigenvalue weighted by molar-refractivity contribution is 0.931. The van der Waals surface area contributed by atoms with Gasteiger partial charge in [0.25, 0.3) is 0 Å². The largest absolute Gasteiger partial charge is 0.266 e. The van der Waals surface area contributed by atoms with Crippen molar-refractivity contribution in [3.63, 3.8) is 0 Å². The van der Waals surface area contributed by atoms with Gasteiger partial charge in [-0.15, -0.1) is 10.2 Å². The molecule has 3 aromatic rings. The van der Waals surface area contributed by atoms with Crippen molar-refractivity contribution in [2.24, 2.45) is 0 Å². The zero-order valence-electron chi connectivity index (χ0n) is 9.22. The molecule has 3 rings (SSSR count). The smallest absolute Gasteiger partial charge is 0.180 e. The standard InChI is InChI=1S/C12H8BrClN4/c13-9-3-1-2-8(4-9)5-11-16-17-12-7-15-6-10(14)18(11)12/h1-4,6-7H,5H2. The van der Waals surface area contributed by atoms with E-state index < -0.39 is 0 Å². The van der Waals surface area contributed by atoms with Crippen LogP contribution in [0.3, 0.4) is 0 Å². The highest BCUT2D eigenvalue weighted by Gasteiger charge is 2.09. The third-order valence-corrected chi connectivity index (χ3v) is 3.35. The molecule has 0 N–H and O–H groups in total. The van der Waals surface area contributed by atoms with Crippen molar-refractivity contribution >= 4 is 33.2 Å². The van der Waals surface area contributed by atoms with Gasteiger partial charge in [0.2, 0.25) is 0 Å². The molecule has 0 spiro atoms. The second kappa shape index (κ2) is 4.66. The molecule has 4 nitrogen and oxygen atoms in total. The first kappa shape index (κ1) is 11.6. The Balaban J connectivity index is 2.05. The van der Waals surface area contributed by atoms with Crippen LogP contribution >= 0.6 is 27.5 Å². The van der Waals surface area contributed by atoms with Crippen molar-refractivity contribution in [1.82, 2.24) is 19.6 Å². The number of hydrogen-bond donors (Lipinski definition) is 0. The van der Waals surface area contributed by atoms with Crippen LogP contribution in [-0.2, 0) is 6.42 Å². The van der Waals surface area contributed by atoms with Crippen molar-refractivity contribution in [3.8, 4) is 0 Å². The molecule has 6 heteroatoms. The van der Waals surface area contributed by atoms with E-state index >= 15 is 0 Å². The zero-order chi connectivity index (χ0) is 12.5. The Morgan fingerprint density at radius 1 is 1.22 bits per heavy atom. The average molecular weight is 324 g/mol. The number of hydrogen-bond acceptors (Lipinski definition) is 3. The van der Waals surface area contributed by atoms with Gasteiger partial charge in [-0.05, 0) is 17.7 Å². The third-order valence-electron chi connectivity index (χ3n) is 2.59. The summed E-state index contributed by atoms with van der Waals surface area (Å²) in [5.74, 6) is 0.801. The third kappa shape index (κ3) is 2.11. The van der Waals surface area contributed by atoms with Crippen molar-refractivity contribution in [3.05, 3.63) is 57.7 Å². The maximum Gasteiger partial charge on any atom is 0.180 e. The number of fused-ring (bicyclic) bond motifs is 1. The molecule has 2 heterocycles. The molecule has 0 aliphatic carbocycles. The summed E-state index contributed by atoms with van der Waals surface area (Å²) in [7, 11) is 0. The second-order valence-corrected chi connectivity index (χ2v) is 5.15. The topological polar surface area (TPSA) is 43.1 Å². The molecule has 0 amide bonds. The molecule has 0 fully saturated rings. The summed E-state index contributed by atoms with van der Waals surface area (Å²) >= 11 is 9.56. The fourth-order valence-electron chi connectivity index (χ4n) is 1.81. The Labute approximate surface area is 117 Å². The summed E-state index contributed by atoms with van der Waals surface area (Å²) in [6, 6.07) is 8.07. The number of rotatable bonds is 2. The highest BCUT2D eigenvalue weighted by molar-refractivity contribution is 9.10. The predicted octanol–water partition coefficient (Wildman–Crippen LogP) is 3.13. The highest BCUT2D eigenvalue weighted by atomic mass is 79.9. The van der Waals surface area contributed by atoms with Crippen molar-refractivity contribution in [2.75, 3.05) is 0 Å².